The average Bonchev–Trinajstić information content (AvgIpc) is 3.45. The summed E-state index contributed by atoms with van der Waals surface area (Å²) in [7, 11) is 1.44. The highest BCUT2D eigenvalue weighted by Gasteiger charge is 2.29. The second kappa shape index (κ2) is 15.5. The molecule has 0 unspecified atom stereocenters. The molecule has 10 heteroatoms. The molecule has 5 aromatic rings. The highest BCUT2D eigenvalue weighted by atomic mass is 19.1. The maximum atomic E-state index is 15.0. The number of fused-ring (bicyclic) bond motifs is 3. The molecular formula is C41H47FN4O5. The van der Waals surface area contributed by atoms with Crippen LogP contribution in [-0.4, -0.2) is 64.9 Å². The van der Waals surface area contributed by atoms with Crippen molar-refractivity contribution < 1.29 is 28.2 Å². The lowest BCUT2D eigenvalue weighted by Crippen LogP contribution is -2.41. The van der Waals surface area contributed by atoms with Gasteiger partial charge in [-0.15, -0.1) is 0 Å². The Morgan fingerprint density at radius 3 is 2.39 bits per heavy atom. The second-order valence-corrected chi connectivity index (χ2v) is 14.2. The number of carbonyl (C=O) groups excluding carboxylic acids is 2. The summed E-state index contributed by atoms with van der Waals surface area (Å²) in [6, 6.07) is 22.9. The minimum Gasteiger partial charge on any atom is -0.494 e. The summed E-state index contributed by atoms with van der Waals surface area (Å²) in [5.74, 6) is 0.488. The first-order valence-corrected chi connectivity index (χ1v) is 17.7. The molecule has 0 radical (unpaired) electrons. The zero-order valence-corrected chi connectivity index (χ0v) is 30.1. The van der Waals surface area contributed by atoms with Crippen molar-refractivity contribution in [2.24, 2.45) is 0 Å². The molecular weight excluding hydrogens is 647 g/mol. The van der Waals surface area contributed by atoms with E-state index in [4.69, 9.17) is 19.2 Å². The van der Waals surface area contributed by atoms with Crippen molar-refractivity contribution in [2.45, 2.75) is 78.0 Å². The molecule has 1 aliphatic heterocycles. The molecule has 1 N–H and O–H groups in total. The lowest BCUT2D eigenvalue weighted by atomic mass is 9.98. The molecule has 0 bridgehead atoms. The minimum atomic E-state index is -0.739. The van der Waals surface area contributed by atoms with E-state index in [0.717, 1.165) is 47.0 Å². The number of likely N-dealkylation sites (tertiary alicyclic amines) is 1. The van der Waals surface area contributed by atoms with Gasteiger partial charge >= 0.3 is 6.09 Å². The standard InChI is InChI=1S/C41H47FN4O5/c1-27(47)45-21-19-30(20-22-45)43-39-32(15-11-23-50-26-28-12-7-6-8-13-28)37-31-14-9-10-16-35(31)46(40(48)51-41(2,3)4)38(37)34(44-39)25-29-17-18-36(49-5)33(42)24-29/h6-10,12-14,16-18,24,30H,11,15,19-23,25-26H2,1-5H3,(H,43,44). The largest absolute Gasteiger partial charge is 0.494 e. The van der Waals surface area contributed by atoms with Crippen molar-refractivity contribution >= 4 is 39.6 Å². The number of piperidine rings is 1. The van der Waals surface area contributed by atoms with Crippen LogP contribution in [0.1, 0.15) is 69.3 Å². The third-order valence-electron chi connectivity index (χ3n) is 9.25. The molecule has 3 heterocycles. The van der Waals surface area contributed by atoms with Crippen LogP contribution in [0, 0.1) is 5.82 Å². The number of benzene rings is 3. The van der Waals surface area contributed by atoms with Crippen LogP contribution in [0.5, 0.6) is 5.75 Å². The van der Waals surface area contributed by atoms with E-state index in [9.17, 15) is 9.59 Å². The number of nitrogens with zero attached hydrogens (tertiary/aromatic N) is 3. The normalized spacial score (nSPS) is 13.9. The number of ether oxygens (including phenoxy) is 3. The first-order chi connectivity index (χ1) is 24.5. The molecule has 1 fully saturated rings. The lowest BCUT2D eigenvalue weighted by molar-refractivity contribution is -0.129. The van der Waals surface area contributed by atoms with Crippen LogP contribution in [0.15, 0.2) is 72.8 Å². The Morgan fingerprint density at radius 1 is 0.980 bits per heavy atom. The third kappa shape index (κ3) is 8.34. The van der Waals surface area contributed by atoms with Gasteiger partial charge in [-0.1, -0.05) is 54.6 Å². The van der Waals surface area contributed by atoms with Crippen molar-refractivity contribution in [2.75, 3.05) is 32.1 Å². The molecule has 0 atom stereocenters. The monoisotopic (exact) mass is 694 g/mol. The maximum absolute atomic E-state index is 15.0. The number of amides is 1. The maximum Gasteiger partial charge on any atom is 0.419 e. The van der Waals surface area contributed by atoms with Gasteiger partial charge in [-0.3, -0.25) is 4.79 Å². The number of nitrogens with one attached hydrogen (secondary N) is 1. The number of aryl methyl sites for hydroxylation is 1. The summed E-state index contributed by atoms with van der Waals surface area (Å²) in [4.78, 5) is 33.3. The van der Waals surface area contributed by atoms with Crippen molar-refractivity contribution in [3.05, 3.63) is 101 Å². The molecule has 6 rings (SSSR count). The van der Waals surface area contributed by atoms with E-state index in [2.05, 4.69) is 5.32 Å². The van der Waals surface area contributed by atoms with Gasteiger partial charge in [0.2, 0.25) is 5.91 Å². The third-order valence-corrected chi connectivity index (χ3v) is 9.25. The van der Waals surface area contributed by atoms with Crippen LogP contribution in [0.25, 0.3) is 21.8 Å². The first kappa shape index (κ1) is 35.9. The number of methoxy groups -OCH3 is 1. The smallest absolute Gasteiger partial charge is 0.419 e. The summed E-state index contributed by atoms with van der Waals surface area (Å²) in [6.07, 6.45) is 2.65. The Bertz CT molecular complexity index is 2010. The topological polar surface area (TPSA) is 94.9 Å². The van der Waals surface area contributed by atoms with Gasteiger partial charge in [0.25, 0.3) is 0 Å². The highest BCUT2D eigenvalue weighted by Crippen LogP contribution is 2.39. The minimum absolute atomic E-state index is 0.0770. The molecule has 1 saturated heterocycles. The van der Waals surface area contributed by atoms with Crippen molar-refractivity contribution in [1.29, 1.82) is 0 Å². The number of hydrogen-bond acceptors (Lipinski definition) is 7. The molecule has 1 aliphatic rings. The number of pyridine rings is 1. The molecule has 0 saturated carbocycles. The summed E-state index contributed by atoms with van der Waals surface area (Å²) < 4.78 is 33.9. The summed E-state index contributed by atoms with van der Waals surface area (Å²) >= 11 is 0. The van der Waals surface area contributed by atoms with Crippen molar-refractivity contribution in [3.63, 3.8) is 0 Å². The molecule has 268 valence electrons. The van der Waals surface area contributed by atoms with Crippen LogP contribution >= 0.6 is 0 Å². The van der Waals surface area contributed by atoms with E-state index in [-0.39, 0.29) is 24.1 Å². The van der Waals surface area contributed by atoms with Crippen LogP contribution in [-0.2, 0) is 33.7 Å². The molecule has 9 nitrogen and oxygen atoms in total. The summed E-state index contributed by atoms with van der Waals surface area (Å²) in [6.45, 7) is 9.51. The fourth-order valence-corrected chi connectivity index (χ4v) is 6.84. The van der Waals surface area contributed by atoms with E-state index in [1.807, 2.05) is 86.3 Å². The lowest BCUT2D eigenvalue weighted by Gasteiger charge is -2.32. The van der Waals surface area contributed by atoms with Gasteiger partial charge in [0.15, 0.2) is 11.6 Å². The number of carbonyl (C=O) groups is 2. The first-order valence-electron chi connectivity index (χ1n) is 17.7. The van der Waals surface area contributed by atoms with Gasteiger partial charge in [0.05, 0.1) is 30.4 Å². The molecule has 1 amide bonds. The molecule has 3 aromatic carbocycles. The Kier molecular flexibility index (Phi) is 10.9. The highest BCUT2D eigenvalue weighted by molar-refractivity contribution is 6.15. The van der Waals surface area contributed by atoms with E-state index in [1.54, 1.807) is 17.6 Å². The van der Waals surface area contributed by atoms with Crippen LogP contribution in [0.2, 0.25) is 0 Å². The molecule has 2 aromatic heterocycles. The fraction of sp³-hybridized carbons (Fsp3) is 0.390. The predicted octanol–water partition coefficient (Wildman–Crippen LogP) is 8.28. The number of para-hydroxylation sites is 1. The van der Waals surface area contributed by atoms with E-state index >= 15 is 4.39 Å². The summed E-state index contributed by atoms with van der Waals surface area (Å²) in [5, 5.41) is 5.56. The number of aromatic nitrogens is 2. The predicted molar refractivity (Wildman–Crippen MR) is 198 cm³/mol. The van der Waals surface area contributed by atoms with Crippen LogP contribution in [0.3, 0.4) is 0 Å². The van der Waals surface area contributed by atoms with Gasteiger partial charge in [0, 0.05) is 55.4 Å². The van der Waals surface area contributed by atoms with Crippen LogP contribution < -0.4 is 10.1 Å². The SMILES string of the molecule is COc1ccc(Cc2nc(NC3CCN(C(C)=O)CC3)c(CCCOCc3ccccc3)c3c4ccccc4n(C(=O)OC(C)(C)C)c23)cc1F. The number of rotatable bonds is 11. The molecule has 0 spiro atoms. The Balaban J connectivity index is 1.48. The molecule has 0 aliphatic carbocycles. The zero-order valence-electron chi connectivity index (χ0n) is 30.1. The van der Waals surface area contributed by atoms with E-state index in [1.165, 1.54) is 13.2 Å². The second-order valence-electron chi connectivity index (χ2n) is 14.2. The summed E-state index contributed by atoms with van der Waals surface area (Å²) in [5.41, 5.74) is 4.00. The van der Waals surface area contributed by atoms with Gasteiger partial charge in [-0.05, 0) is 75.8 Å². The van der Waals surface area contributed by atoms with Crippen molar-refractivity contribution in [1.82, 2.24) is 14.5 Å². The van der Waals surface area contributed by atoms with E-state index in [0.29, 0.717) is 55.0 Å². The molecule has 51 heavy (non-hydrogen) atoms. The van der Waals surface area contributed by atoms with Gasteiger partial charge in [0.1, 0.15) is 11.4 Å². The van der Waals surface area contributed by atoms with Gasteiger partial charge in [-0.2, -0.15) is 0 Å². The zero-order chi connectivity index (χ0) is 36.1. The Hall–Kier alpha value is -4.96. The Morgan fingerprint density at radius 2 is 1.71 bits per heavy atom. The van der Waals surface area contributed by atoms with E-state index < -0.39 is 17.5 Å². The number of halogens is 1. The number of anilines is 1. The number of hydrogen-bond donors (Lipinski definition) is 1. The van der Waals surface area contributed by atoms with Crippen LogP contribution in [0.4, 0.5) is 15.0 Å². The Labute approximate surface area is 298 Å². The quantitative estimate of drug-likeness (QED) is 0.139. The van der Waals surface area contributed by atoms with Gasteiger partial charge in [-0.25, -0.2) is 18.7 Å². The van der Waals surface area contributed by atoms with Gasteiger partial charge < -0.3 is 24.4 Å². The van der Waals surface area contributed by atoms with Crippen molar-refractivity contribution in [3.8, 4) is 5.75 Å². The average molecular weight is 695 g/mol. The fourth-order valence-electron chi connectivity index (χ4n) is 6.84.